The average Bonchev–Trinajstić information content (AvgIpc) is 3.77. The molecule has 14 rings (SSSR count). The Morgan fingerprint density at radius 3 is 1.48 bits per heavy atom. The monoisotopic (exact) mass is 1070 g/mol. The molecule has 404 valence electrons. The number of para-hydroxylation sites is 3. The van der Waals surface area contributed by atoms with Crippen molar-refractivity contribution in [2.75, 3.05) is 41.1 Å². The van der Waals surface area contributed by atoms with Crippen LogP contribution in [0.2, 0.25) is 0 Å². The topological polar surface area (TPSA) is 59.8 Å². The Balaban J connectivity index is 1.08. The molecular formula is C72H68BN3O5. The Hall–Kier alpha value is -8.56. The molecule has 5 heterocycles. The van der Waals surface area contributed by atoms with Crippen molar-refractivity contribution in [3.05, 3.63) is 193 Å². The lowest BCUT2D eigenvalue weighted by Crippen LogP contribution is -2.61. The minimum atomic E-state index is -0.161. The van der Waals surface area contributed by atoms with E-state index in [4.69, 9.17) is 23.4 Å². The van der Waals surface area contributed by atoms with Crippen LogP contribution in [0.1, 0.15) is 91.8 Å². The Bertz CT molecular complexity index is 3940. The molecular weight excluding hydrogens is 998 g/mol. The maximum Gasteiger partial charge on any atom is 0.252 e. The molecule has 4 aliphatic heterocycles. The molecule has 0 spiro atoms. The number of anilines is 9. The van der Waals surface area contributed by atoms with Gasteiger partial charge in [0.05, 0.1) is 43.5 Å². The Kier molecular flexibility index (Phi) is 11.9. The smallest absolute Gasteiger partial charge is 0.252 e. The molecule has 4 aliphatic rings. The van der Waals surface area contributed by atoms with Crippen LogP contribution in [-0.2, 0) is 16.2 Å². The van der Waals surface area contributed by atoms with E-state index in [1.807, 2.05) is 24.3 Å². The van der Waals surface area contributed by atoms with E-state index < -0.39 is 0 Å². The van der Waals surface area contributed by atoms with E-state index in [-0.39, 0.29) is 23.0 Å². The third-order valence-corrected chi connectivity index (χ3v) is 16.8. The summed E-state index contributed by atoms with van der Waals surface area (Å²) in [6.45, 7) is 22.8. The van der Waals surface area contributed by atoms with Crippen LogP contribution < -0.4 is 50.0 Å². The van der Waals surface area contributed by atoms with E-state index in [1.165, 1.54) is 33.1 Å². The fraction of sp³-hybridized carbons (Fsp3) is 0.250. The lowest BCUT2D eigenvalue weighted by atomic mass is 9.33. The molecule has 1 aromatic heterocycles. The molecule has 81 heavy (non-hydrogen) atoms. The first-order valence-corrected chi connectivity index (χ1v) is 28.8. The quantitative estimate of drug-likeness (QED) is 0.153. The van der Waals surface area contributed by atoms with Crippen molar-refractivity contribution in [1.29, 1.82) is 0 Å². The molecule has 0 unspecified atom stereocenters. The van der Waals surface area contributed by atoms with Gasteiger partial charge in [0.1, 0.15) is 11.3 Å². The molecule has 9 aromatic carbocycles. The summed E-state index contributed by atoms with van der Waals surface area (Å²) in [5.41, 5.74) is 18.3. The van der Waals surface area contributed by atoms with Crippen LogP contribution in [0.3, 0.4) is 0 Å². The molecule has 10 aromatic rings. The summed E-state index contributed by atoms with van der Waals surface area (Å²) in [5, 5.41) is 3.33. The van der Waals surface area contributed by atoms with Crippen LogP contribution in [0.5, 0.6) is 23.0 Å². The third kappa shape index (κ3) is 8.75. The van der Waals surface area contributed by atoms with Gasteiger partial charge in [0.25, 0.3) is 6.71 Å². The number of furan rings is 1. The van der Waals surface area contributed by atoms with Crippen molar-refractivity contribution >= 4 is 96.0 Å². The highest BCUT2D eigenvalue weighted by atomic mass is 16.5. The third-order valence-electron chi connectivity index (χ3n) is 16.8. The largest absolute Gasteiger partial charge is 0.489 e. The molecule has 0 fully saturated rings. The first-order valence-electron chi connectivity index (χ1n) is 28.8. The van der Waals surface area contributed by atoms with Gasteiger partial charge in [-0.05, 0) is 151 Å². The first kappa shape index (κ1) is 50.6. The second kappa shape index (κ2) is 19.0. The SMILES string of the molecule is CC(C)(C)c1ccc(N(c2cc3c4c(c2)N(c2cccc5c2OCCCO5)c2ccc(C(C)(C)C)cc2B4c2cc(C(C)(C)C)ccc2N3c2cccc3c2OCCCO3)c2ccc3cc(-c4cc5ccccc5o4)ccc3c2)cc1. The average molecular weight is 1070 g/mol. The van der Waals surface area contributed by atoms with Crippen molar-refractivity contribution in [2.24, 2.45) is 0 Å². The van der Waals surface area contributed by atoms with Crippen LogP contribution in [0, 0.1) is 0 Å². The van der Waals surface area contributed by atoms with Crippen LogP contribution in [-0.4, -0.2) is 33.1 Å². The summed E-state index contributed by atoms with van der Waals surface area (Å²) in [4.78, 5) is 7.38. The van der Waals surface area contributed by atoms with Gasteiger partial charge in [-0.2, -0.15) is 0 Å². The summed E-state index contributed by atoms with van der Waals surface area (Å²) >= 11 is 0. The molecule has 0 amide bonds. The molecule has 0 saturated heterocycles. The summed E-state index contributed by atoms with van der Waals surface area (Å²) in [7, 11) is 0. The maximum absolute atomic E-state index is 6.84. The summed E-state index contributed by atoms with van der Waals surface area (Å²) in [6, 6.07) is 64.9. The van der Waals surface area contributed by atoms with E-state index >= 15 is 0 Å². The lowest BCUT2D eigenvalue weighted by Gasteiger charge is -2.46. The highest BCUT2D eigenvalue weighted by Crippen LogP contribution is 2.54. The molecule has 9 heteroatoms. The number of nitrogens with zero attached hydrogens (tertiary/aromatic N) is 3. The van der Waals surface area contributed by atoms with Crippen molar-refractivity contribution in [3.63, 3.8) is 0 Å². The molecule has 0 atom stereocenters. The Labute approximate surface area is 476 Å². The number of rotatable bonds is 6. The highest BCUT2D eigenvalue weighted by Gasteiger charge is 2.46. The Morgan fingerprint density at radius 1 is 0.395 bits per heavy atom. The minimum absolute atomic E-state index is 0.0463. The van der Waals surface area contributed by atoms with Gasteiger partial charge in [-0.3, -0.25) is 0 Å². The molecule has 0 bridgehead atoms. The first-order chi connectivity index (χ1) is 39.0. The van der Waals surface area contributed by atoms with Gasteiger partial charge in [-0.1, -0.05) is 147 Å². The fourth-order valence-corrected chi connectivity index (χ4v) is 12.5. The maximum atomic E-state index is 6.84. The van der Waals surface area contributed by atoms with Crippen molar-refractivity contribution in [1.82, 2.24) is 0 Å². The van der Waals surface area contributed by atoms with E-state index in [0.29, 0.717) is 26.4 Å². The lowest BCUT2D eigenvalue weighted by molar-refractivity contribution is 0.297. The molecule has 0 saturated carbocycles. The van der Waals surface area contributed by atoms with Crippen molar-refractivity contribution < 1.29 is 23.4 Å². The van der Waals surface area contributed by atoms with E-state index in [2.05, 4.69) is 229 Å². The van der Waals surface area contributed by atoms with E-state index in [9.17, 15) is 0 Å². The van der Waals surface area contributed by atoms with Gasteiger partial charge in [-0.25, -0.2) is 0 Å². The molecule has 8 nitrogen and oxygen atoms in total. The van der Waals surface area contributed by atoms with Gasteiger partial charge in [0.2, 0.25) is 0 Å². The fourth-order valence-electron chi connectivity index (χ4n) is 12.5. The van der Waals surface area contributed by atoms with Crippen LogP contribution in [0.15, 0.2) is 180 Å². The number of fused-ring (bicyclic) bond motifs is 8. The summed E-state index contributed by atoms with van der Waals surface area (Å²) < 4.78 is 33.1. The molecule has 0 aliphatic carbocycles. The highest BCUT2D eigenvalue weighted by molar-refractivity contribution is 7.00. The zero-order valence-electron chi connectivity index (χ0n) is 47.9. The van der Waals surface area contributed by atoms with Gasteiger partial charge in [0, 0.05) is 57.9 Å². The van der Waals surface area contributed by atoms with Gasteiger partial charge < -0.3 is 38.1 Å². The normalized spacial score (nSPS) is 14.8. The van der Waals surface area contributed by atoms with E-state index in [1.54, 1.807) is 0 Å². The van der Waals surface area contributed by atoms with E-state index in [0.717, 1.165) is 120 Å². The van der Waals surface area contributed by atoms with Gasteiger partial charge >= 0.3 is 0 Å². The predicted molar refractivity (Wildman–Crippen MR) is 335 cm³/mol. The van der Waals surface area contributed by atoms with Crippen molar-refractivity contribution in [2.45, 2.75) is 91.4 Å². The number of hydrogen-bond donors (Lipinski definition) is 0. The number of hydrogen-bond acceptors (Lipinski definition) is 8. The standard InChI is InChI=1S/C72H68BN3O5/c1-70(2,3)49-25-30-52(31-26-49)74(53-29-24-45-38-48(23-22-46(45)39-53)66-40-47-16-10-11-19-63(47)81-66)54-43-61-67-62(44-54)76(60-18-13-21-65-69(60)80-37-15-35-78-65)58-33-28-51(72(7,8)9)42-56(58)73(67)55-41-50(71(4,5)6)27-32-57(55)75(61)59-17-12-20-64-68(59)79-36-14-34-77-64/h10-13,16-33,38-44H,14-15,34-37H2,1-9H3. The van der Waals surface area contributed by atoms with Gasteiger partial charge in [-0.15, -0.1) is 0 Å². The predicted octanol–water partition coefficient (Wildman–Crippen LogP) is 17.0. The molecule has 0 N–H and O–H groups in total. The summed E-state index contributed by atoms with van der Waals surface area (Å²) in [5.74, 6) is 3.83. The zero-order chi connectivity index (χ0) is 55.5. The second-order valence-electron chi connectivity index (χ2n) is 25.4. The van der Waals surface area contributed by atoms with Crippen LogP contribution in [0.25, 0.3) is 33.1 Å². The van der Waals surface area contributed by atoms with Crippen LogP contribution >= 0.6 is 0 Å². The second-order valence-corrected chi connectivity index (χ2v) is 25.4. The number of benzene rings is 9. The van der Waals surface area contributed by atoms with Crippen molar-refractivity contribution in [3.8, 4) is 34.3 Å². The Morgan fingerprint density at radius 2 is 0.914 bits per heavy atom. The summed E-state index contributed by atoms with van der Waals surface area (Å²) in [6.07, 6.45) is 1.58. The molecule has 0 radical (unpaired) electrons. The van der Waals surface area contributed by atoms with Gasteiger partial charge in [0.15, 0.2) is 23.0 Å². The van der Waals surface area contributed by atoms with Crippen LogP contribution in [0.4, 0.5) is 51.2 Å². The zero-order valence-corrected chi connectivity index (χ0v) is 47.9. The minimum Gasteiger partial charge on any atom is -0.489 e. The number of ether oxygens (including phenoxy) is 4.